The van der Waals surface area contributed by atoms with Crippen molar-refractivity contribution in [2.45, 2.75) is 27.7 Å². The number of aryl methyl sites for hydroxylation is 3. The average molecular weight is 399 g/mol. The molecule has 0 aliphatic carbocycles. The minimum atomic E-state index is -0.950. The zero-order valence-electron chi connectivity index (χ0n) is 16.6. The summed E-state index contributed by atoms with van der Waals surface area (Å²) in [5.74, 6) is -2.14. The minimum Gasteiger partial charge on any atom is -0.462 e. The van der Waals surface area contributed by atoms with Crippen molar-refractivity contribution in [3.05, 3.63) is 73.8 Å². The first kappa shape index (κ1) is 21.7. The van der Waals surface area contributed by atoms with Gasteiger partial charge in [0, 0.05) is 17.7 Å². The third-order valence-corrected chi connectivity index (χ3v) is 4.35. The quantitative estimate of drug-likeness (QED) is 0.302. The van der Waals surface area contributed by atoms with Crippen molar-refractivity contribution < 1.29 is 28.8 Å². The van der Waals surface area contributed by atoms with E-state index in [0.29, 0.717) is 5.56 Å². The number of Topliss-reactive ketones (excluding diaryl/α,β-unsaturated/α-hetero) is 1. The Labute approximate surface area is 167 Å². The lowest BCUT2D eigenvalue weighted by molar-refractivity contribution is -0.384. The fourth-order valence-corrected chi connectivity index (χ4v) is 2.72. The largest absolute Gasteiger partial charge is 0.462 e. The van der Waals surface area contributed by atoms with Crippen molar-refractivity contribution in [2.75, 3.05) is 13.2 Å². The van der Waals surface area contributed by atoms with E-state index < -0.39 is 34.9 Å². The van der Waals surface area contributed by atoms with Crippen LogP contribution < -0.4 is 0 Å². The molecule has 0 aliphatic rings. The molecule has 0 atom stereocenters. The van der Waals surface area contributed by atoms with Gasteiger partial charge >= 0.3 is 11.9 Å². The molecule has 0 spiro atoms. The molecule has 0 aromatic heterocycles. The molecule has 0 unspecified atom stereocenters. The number of carbonyl (C=O) groups excluding carboxylic acids is 3. The summed E-state index contributed by atoms with van der Waals surface area (Å²) in [4.78, 5) is 47.0. The Hall–Kier alpha value is -3.55. The normalized spacial score (nSPS) is 10.3. The lowest BCUT2D eigenvalue weighted by atomic mass is 9.98. The number of esters is 2. The van der Waals surface area contributed by atoms with Crippen LogP contribution >= 0.6 is 0 Å². The summed E-state index contributed by atoms with van der Waals surface area (Å²) in [6, 6.07) is 6.73. The van der Waals surface area contributed by atoms with E-state index in [-0.39, 0.29) is 17.7 Å². The number of nitrogens with zero attached hydrogens (tertiary/aromatic N) is 1. The molecule has 0 fully saturated rings. The summed E-state index contributed by atoms with van der Waals surface area (Å²) in [5.41, 5.74) is 2.35. The molecule has 0 saturated heterocycles. The minimum absolute atomic E-state index is 0.0745. The number of hydrogen-bond donors (Lipinski definition) is 0. The number of nitro benzene ring substituents is 1. The second-order valence-electron chi connectivity index (χ2n) is 6.50. The number of nitro groups is 1. The van der Waals surface area contributed by atoms with Gasteiger partial charge in [0.1, 0.15) is 0 Å². The molecule has 29 heavy (non-hydrogen) atoms. The summed E-state index contributed by atoms with van der Waals surface area (Å²) in [5, 5.41) is 11.1. The van der Waals surface area contributed by atoms with Gasteiger partial charge in [-0.15, -0.1) is 0 Å². The molecule has 2 aromatic rings. The van der Waals surface area contributed by atoms with E-state index in [2.05, 4.69) is 0 Å². The van der Waals surface area contributed by atoms with Gasteiger partial charge in [-0.1, -0.05) is 6.07 Å². The van der Waals surface area contributed by atoms with Gasteiger partial charge in [-0.3, -0.25) is 14.9 Å². The molecule has 0 N–H and O–H groups in total. The van der Waals surface area contributed by atoms with Crippen molar-refractivity contribution in [2.24, 2.45) is 0 Å². The zero-order chi connectivity index (χ0) is 21.7. The van der Waals surface area contributed by atoms with E-state index in [1.54, 1.807) is 19.9 Å². The van der Waals surface area contributed by atoms with Crippen molar-refractivity contribution in [3.8, 4) is 0 Å². The molecule has 0 amide bonds. The fraction of sp³-hybridized carbons (Fsp3) is 0.286. The molecule has 0 aliphatic heterocycles. The van der Waals surface area contributed by atoms with Gasteiger partial charge in [0.2, 0.25) is 5.78 Å². The van der Waals surface area contributed by atoms with Crippen LogP contribution in [0, 0.1) is 30.9 Å². The highest BCUT2D eigenvalue weighted by molar-refractivity contribution is 6.01. The zero-order valence-corrected chi connectivity index (χ0v) is 16.6. The topological polar surface area (TPSA) is 113 Å². The van der Waals surface area contributed by atoms with Crippen LogP contribution in [0.1, 0.15) is 54.7 Å². The fourth-order valence-electron chi connectivity index (χ4n) is 2.72. The highest BCUT2D eigenvalue weighted by Crippen LogP contribution is 2.20. The Morgan fingerprint density at radius 3 is 1.97 bits per heavy atom. The first-order valence-corrected chi connectivity index (χ1v) is 8.88. The van der Waals surface area contributed by atoms with Crippen LogP contribution in [0.5, 0.6) is 0 Å². The summed E-state index contributed by atoms with van der Waals surface area (Å²) < 4.78 is 9.86. The summed E-state index contributed by atoms with van der Waals surface area (Å²) in [6.45, 7) is 6.72. The Kier molecular flexibility index (Phi) is 6.82. The number of benzene rings is 2. The lowest BCUT2D eigenvalue weighted by Crippen LogP contribution is -2.16. The Morgan fingerprint density at radius 1 is 0.862 bits per heavy atom. The Morgan fingerprint density at radius 2 is 1.41 bits per heavy atom. The number of ketones is 1. The van der Waals surface area contributed by atoms with Gasteiger partial charge in [0.05, 0.1) is 22.7 Å². The number of rotatable bonds is 7. The molecule has 0 radical (unpaired) electrons. The Bertz CT molecular complexity index is 995. The molecular weight excluding hydrogens is 378 g/mol. The highest BCUT2D eigenvalue weighted by Gasteiger charge is 2.21. The van der Waals surface area contributed by atoms with Crippen LogP contribution in [0.25, 0.3) is 0 Å². The van der Waals surface area contributed by atoms with Gasteiger partial charge in [-0.25, -0.2) is 9.59 Å². The van der Waals surface area contributed by atoms with Crippen molar-refractivity contribution >= 4 is 23.4 Å². The summed E-state index contributed by atoms with van der Waals surface area (Å²) in [6.07, 6.45) is 0. The van der Waals surface area contributed by atoms with Gasteiger partial charge in [0.25, 0.3) is 5.69 Å². The molecule has 152 valence electrons. The summed E-state index contributed by atoms with van der Waals surface area (Å²) >= 11 is 0. The molecule has 2 rings (SSSR count). The Balaban J connectivity index is 2.22. The van der Waals surface area contributed by atoms with E-state index in [1.165, 1.54) is 0 Å². The number of ether oxygens (including phenoxy) is 2. The average Bonchev–Trinajstić information content (AvgIpc) is 2.68. The van der Waals surface area contributed by atoms with Crippen LogP contribution in [0.3, 0.4) is 0 Å². The van der Waals surface area contributed by atoms with Crippen LogP contribution in [0.4, 0.5) is 5.69 Å². The monoisotopic (exact) mass is 399 g/mol. The molecular formula is C21H21NO7. The van der Waals surface area contributed by atoms with Crippen LogP contribution in [0.2, 0.25) is 0 Å². The van der Waals surface area contributed by atoms with Crippen LogP contribution in [0.15, 0.2) is 30.3 Å². The van der Waals surface area contributed by atoms with Gasteiger partial charge < -0.3 is 9.47 Å². The SMILES string of the molecule is CCOC(=O)c1cc(C(=O)OCC(=O)c2cc(C)c(C)cc2C)cc([N+](=O)[O-])c1. The number of non-ortho nitro benzene ring substituents is 1. The molecule has 0 bridgehead atoms. The molecule has 0 saturated carbocycles. The molecule has 2 aromatic carbocycles. The first-order valence-electron chi connectivity index (χ1n) is 8.88. The first-order chi connectivity index (χ1) is 13.6. The lowest BCUT2D eigenvalue weighted by Gasteiger charge is -2.10. The predicted octanol–water partition coefficient (Wildman–Crippen LogP) is 3.74. The van der Waals surface area contributed by atoms with E-state index in [9.17, 15) is 24.5 Å². The second-order valence-corrected chi connectivity index (χ2v) is 6.50. The maximum absolute atomic E-state index is 12.4. The highest BCUT2D eigenvalue weighted by atomic mass is 16.6. The maximum Gasteiger partial charge on any atom is 0.338 e. The third-order valence-electron chi connectivity index (χ3n) is 4.35. The van der Waals surface area contributed by atoms with Crippen molar-refractivity contribution in [1.82, 2.24) is 0 Å². The van der Waals surface area contributed by atoms with Crippen molar-refractivity contribution in [1.29, 1.82) is 0 Å². The third kappa shape index (κ3) is 5.25. The van der Waals surface area contributed by atoms with Gasteiger partial charge in [-0.2, -0.15) is 0 Å². The molecule has 8 nitrogen and oxygen atoms in total. The summed E-state index contributed by atoms with van der Waals surface area (Å²) in [7, 11) is 0. The molecule has 0 heterocycles. The van der Waals surface area contributed by atoms with E-state index in [4.69, 9.17) is 9.47 Å². The number of carbonyl (C=O) groups is 3. The van der Waals surface area contributed by atoms with E-state index >= 15 is 0 Å². The number of hydrogen-bond acceptors (Lipinski definition) is 7. The van der Waals surface area contributed by atoms with E-state index in [1.807, 2.05) is 19.9 Å². The van der Waals surface area contributed by atoms with Crippen LogP contribution in [-0.2, 0) is 9.47 Å². The maximum atomic E-state index is 12.4. The van der Waals surface area contributed by atoms with Crippen molar-refractivity contribution in [3.63, 3.8) is 0 Å². The van der Waals surface area contributed by atoms with Gasteiger partial charge in [0.15, 0.2) is 6.61 Å². The van der Waals surface area contributed by atoms with E-state index in [0.717, 1.165) is 34.9 Å². The predicted molar refractivity (Wildman–Crippen MR) is 104 cm³/mol. The second kappa shape index (κ2) is 9.09. The molecule has 8 heteroatoms. The van der Waals surface area contributed by atoms with Crippen LogP contribution in [-0.4, -0.2) is 35.9 Å². The standard InChI is InChI=1S/C21H21NO7/c1-5-28-20(24)15-8-16(10-17(9-15)22(26)27)21(25)29-11-19(23)18-7-13(3)12(2)6-14(18)4/h6-10H,5,11H2,1-4H3. The smallest absolute Gasteiger partial charge is 0.338 e. The van der Waals surface area contributed by atoms with Gasteiger partial charge in [-0.05, 0) is 56.5 Å².